The third-order valence-corrected chi connectivity index (χ3v) is 5.68. The Kier molecular flexibility index (Phi) is 5.01. The highest BCUT2D eigenvalue weighted by Gasteiger charge is 2.36. The molecule has 1 aromatic carbocycles. The van der Waals surface area contributed by atoms with Crippen molar-refractivity contribution in [3.63, 3.8) is 0 Å². The summed E-state index contributed by atoms with van der Waals surface area (Å²) in [5.41, 5.74) is 1.57. The minimum atomic E-state index is -1.40. The molecule has 1 atom stereocenters. The molecule has 2 heterocycles. The van der Waals surface area contributed by atoms with Crippen LogP contribution in [-0.2, 0) is 11.4 Å². The molecule has 26 heavy (non-hydrogen) atoms. The van der Waals surface area contributed by atoms with E-state index in [-0.39, 0.29) is 11.8 Å². The van der Waals surface area contributed by atoms with Gasteiger partial charge in [0.1, 0.15) is 28.0 Å². The number of carbonyl (C=O) groups excluding carboxylic acids is 2. The Bertz CT molecular complexity index is 889. The second-order valence-corrected chi connectivity index (χ2v) is 9.44. The van der Waals surface area contributed by atoms with Gasteiger partial charge in [0.25, 0.3) is 11.8 Å². The van der Waals surface area contributed by atoms with E-state index in [2.05, 4.69) is 25.3 Å². The Morgan fingerprint density at radius 2 is 1.77 bits per heavy atom. The molecule has 0 fully saturated rings. The first-order valence-electron chi connectivity index (χ1n) is 7.79. The number of halogens is 1. The number of imide groups is 1. The van der Waals surface area contributed by atoms with Crippen molar-refractivity contribution in [2.24, 2.45) is 4.40 Å². The monoisotopic (exact) mass is 433 g/mol. The first-order valence-corrected chi connectivity index (χ1v) is 9.69. The van der Waals surface area contributed by atoms with E-state index in [0.29, 0.717) is 27.0 Å². The summed E-state index contributed by atoms with van der Waals surface area (Å²) >= 11 is 1.97. The number of amides is 2. The van der Waals surface area contributed by atoms with Crippen molar-refractivity contribution < 1.29 is 14.1 Å². The van der Waals surface area contributed by atoms with Crippen molar-refractivity contribution in [3.05, 3.63) is 57.8 Å². The first-order chi connectivity index (χ1) is 12.2. The van der Waals surface area contributed by atoms with Gasteiger partial charge in [-0.05, 0) is 54.9 Å². The lowest BCUT2D eigenvalue weighted by atomic mass is 10.1. The third-order valence-electron chi connectivity index (χ3n) is 3.70. The quantitative estimate of drug-likeness (QED) is 0.420. The van der Waals surface area contributed by atoms with Crippen molar-refractivity contribution in [2.45, 2.75) is 25.5 Å². The zero-order valence-corrected chi connectivity index (χ0v) is 16.8. The van der Waals surface area contributed by atoms with Gasteiger partial charge < -0.3 is 4.55 Å². The largest absolute Gasteiger partial charge is 0.591 e. The number of nitrogens with zero attached hydrogens (tertiary/aromatic N) is 3. The molecule has 0 saturated carbocycles. The molecule has 8 heteroatoms. The molecule has 0 bridgehead atoms. The molecule has 0 spiro atoms. The molecular weight excluding hydrogens is 418 g/mol. The minimum Gasteiger partial charge on any atom is -0.591 e. The van der Waals surface area contributed by atoms with E-state index in [1.54, 1.807) is 30.3 Å². The van der Waals surface area contributed by atoms with Crippen LogP contribution in [0.4, 0.5) is 5.69 Å². The number of aromatic nitrogens is 1. The van der Waals surface area contributed by atoms with Gasteiger partial charge in [0, 0.05) is 4.47 Å². The summed E-state index contributed by atoms with van der Waals surface area (Å²) in [6.07, 6.45) is 2.84. The Balaban J connectivity index is 1.89. The first kappa shape index (κ1) is 18.8. The average Bonchev–Trinajstić information content (AvgIpc) is 2.84. The Morgan fingerprint density at radius 1 is 1.19 bits per heavy atom. The smallest absolute Gasteiger partial charge is 0.266 e. The summed E-state index contributed by atoms with van der Waals surface area (Å²) in [6, 6.07) is 8.31. The SMILES string of the molecule is CC(C)(C)[S+]([O-])/N=C\c1ncc(N2C(=O)c3ccccc3C2=O)cc1Br. The van der Waals surface area contributed by atoms with E-state index >= 15 is 0 Å². The van der Waals surface area contributed by atoms with E-state index in [1.165, 1.54) is 12.4 Å². The zero-order chi connectivity index (χ0) is 19.1. The lowest BCUT2D eigenvalue weighted by molar-refractivity contribution is 0.0926. The fraction of sp³-hybridized carbons (Fsp3) is 0.222. The highest BCUT2D eigenvalue weighted by Crippen LogP contribution is 2.30. The summed E-state index contributed by atoms with van der Waals surface area (Å²) in [7, 11) is 0. The van der Waals surface area contributed by atoms with E-state index in [0.717, 1.165) is 4.90 Å². The van der Waals surface area contributed by atoms with Crippen LogP contribution < -0.4 is 4.90 Å². The number of pyridine rings is 1. The Morgan fingerprint density at radius 3 is 2.27 bits per heavy atom. The molecule has 2 aromatic rings. The van der Waals surface area contributed by atoms with E-state index in [4.69, 9.17) is 0 Å². The van der Waals surface area contributed by atoms with Crippen molar-refractivity contribution in [1.82, 2.24) is 4.98 Å². The maximum atomic E-state index is 12.5. The van der Waals surface area contributed by atoms with Crippen LogP contribution >= 0.6 is 15.9 Å². The summed E-state index contributed by atoms with van der Waals surface area (Å²) in [5.74, 6) is -0.760. The van der Waals surface area contributed by atoms with Crippen molar-refractivity contribution >= 4 is 51.0 Å². The topological polar surface area (TPSA) is 85.7 Å². The van der Waals surface area contributed by atoms with E-state index in [1.807, 2.05) is 20.8 Å². The van der Waals surface area contributed by atoms with Crippen LogP contribution in [0.3, 0.4) is 0 Å². The normalized spacial score (nSPS) is 15.7. The molecule has 1 aliphatic rings. The maximum Gasteiger partial charge on any atom is 0.266 e. The number of rotatable bonds is 3. The zero-order valence-electron chi connectivity index (χ0n) is 14.4. The molecule has 1 unspecified atom stereocenters. The molecule has 0 N–H and O–H groups in total. The molecule has 0 radical (unpaired) electrons. The van der Waals surface area contributed by atoms with Crippen LogP contribution in [0.1, 0.15) is 47.2 Å². The average molecular weight is 434 g/mol. The molecule has 0 aliphatic carbocycles. The summed E-state index contributed by atoms with van der Waals surface area (Å²) < 4.78 is 16.1. The molecular formula is C18H16BrN3O3S. The van der Waals surface area contributed by atoms with Crippen LogP contribution in [0, 0.1) is 0 Å². The number of fused-ring (bicyclic) bond motifs is 1. The lowest BCUT2D eigenvalue weighted by Gasteiger charge is -2.17. The van der Waals surface area contributed by atoms with E-state index < -0.39 is 16.1 Å². The van der Waals surface area contributed by atoms with Gasteiger partial charge in [-0.3, -0.25) is 14.6 Å². The number of carbonyl (C=O) groups is 2. The van der Waals surface area contributed by atoms with Crippen molar-refractivity contribution in [1.29, 1.82) is 0 Å². The lowest BCUT2D eigenvalue weighted by Crippen LogP contribution is -2.29. The second kappa shape index (κ2) is 6.94. The molecule has 1 aliphatic heterocycles. The number of hydrogen-bond donors (Lipinski definition) is 0. The summed E-state index contributed by atoms with van der Waals surface area (Å²) in [6.45, 7) is 5.48. The number of benzene rings is 1. The van der Waals surface area contributed by atoms with Gasteiger partial charge >= 0.3 is 0 Å². The standard InChI is InChI=1S/C18H16BrN3O3S/c1-18(2,3)26(25)21-10-15-14(19)8-11(9-20-15)22-16(23)12-6-4-5-7-13(12)17(22)24/h4-10H,1-3H3/b21-10-. The predicted octanol–water partition coefficient (Wildman–Crippen LogP) is 3.53. The second-order valence-electron chi connectivity index (χ2n) is 6.65. The highest BCUT2D eigenvalue weighted by atomic mass is 79.9. The van der Waals surface area contributed by atoms with Crippen LogP contribution in [0.2, 0.25) is 0 Å². The highest BCUT2D eigenvalue weighted by molar-refractivity contribution is 9.10. The third kappa shape index (κ3) is 3.44. The van der Waals surface area contributed by atoms with Crippen molar-refractivity contribution in [3.8, 4) is 0 Å². The van der Waals surface area contributed by atoms with Gasteiger partial charge in [-0.25, -0.2) is 4.90 Å². The van der Waals surface area contributed by atoms with Crippen LogP contribution in [-0.4, -0.2) is 32.3 Å². The van der Waals surface area contributed by atoms with Gasteiger partial charge in [0.15, 0.2) is 0 Å². The molecule has 134 valence electrons. The summed E-state index contributed by atoms with van der Waals surface area (Å²) in [5, 5.41) is 0. The minimum absolute atomic E-state index is 0.358. The predicted molar refractivity (Wildman–Crippen MR) is 105 cm³/mol. The molecule has 3 rings (SSSR count). The summed E-state index contributed by atoms with van der Waals surface area (Å²) in [4.78, 5) is 30.4. The fourth-order valence-corrected chi connectivity index (χ4v) is 3.29. The Labute approximate surface area is 162 Å². The van der Waals surface area contributed by atoms with E-state index in [9.17, 15) is 14.1 Å². The van der Waals surface area contributed by atoms with Gasteiger partial charge in [-0.2, -0.15) is 0 Å². The molecule has 2 amide bonds. The van der Waals surface area contributed by atoms with Gasteiger partial charge in [0.05, 0.1) is 23.0 Å². The van der Waals surface area contributed by atoms with Crippen molar-refractivity contribution in [2.75, 3.05) is 4.90 Å². The van der Waals surface area contributed by atoms with Crippen LogP contribution in [0.5, 0.6) is 0 Å². The van der Waals surface area contributed by atoms with Gasteiger partial charge in [0.2, 0.25) is 0 Å². The number of anilines is 1. The van der Waals surface area contributed by atoms with Crippen LogP contribution in [0.15, 0.2) is 45.4 Å². The maximum absolute atomic E-state index is 12.5. The molecule has 6 nitrogen and oxygen atoms in total. The van der Waals surface area contributed by atoms with Gasteiger partial charge in [-0.1, -0.05) is 16.5 Å². The van der Waals surface area contributed by atoms with Gasteiger partial charge in [-0.15, -0.1) is 0 Å². The number of hydrogen-bond acceptors (Lipinski definition) is 5. The molecule has 1 aromatic heterocycles. The fourth-order valence-electron chi connectivity index (χ4n) is 2.34. The molecule has 0 saturated heterocycles. The Hall–Kier alpha value is -2.03. The van der Waals surface area contributed by atoms with Crippen LogP contribution in [0.25, 0.3) is 0 Å².